The van der Waals surface area contributed by atoms with Gasteiger partial charge >= 0.3 is 0 Å². The first-order valence-electron chi connectivity index (χ1n) is 9.94. The van der Waals surface area contributed by atoms with Gasteiger partial charge in [-0.3, -0.25) is 9.88 Å². The molecular formula is C22H23N7. The number of imidazole rings is 1. The van der Waals surface area contributed by atoms with Gasteiger partial charge in [-0.25, -0.2) is 15.0 Å². The summed E-state index contributed by atoms with van der Waals surface area (Å²) in [6.45, 7) is 5.29. The van der Waals surface area contributed by atoms with Crippen LogP contribution in [0.1, 0.15) is 17.1 Å². The molecule has 7 nitrogen and oxygen atoms in total. The van der Waals surface area contributed by atoms with E-state index in [9.17, 15) is 0 Å². The average molecular weight is 385 g/mol. The summed E-state index contributed by atoms with van der Waals surface area (Å²) in [4.78, 5) is 23.4. The fourth-order valence-electron chi connectivity index (χ4n) is 3.80. The molecule has 29 heavy (non-hydrogen) atoms. The predicted octanol–water partition coefficient (Wildman–Crippen LogP) is 2.41. The largest absolute Gasteiger partial charge is 0.342 e. The molecule has 1 aliphatic rings. The van der Waals surface area contributed by atoms with Gasteiger partial charge in [0.1, 0.15) is 12.2 Å². The topological polar surface area (TPSA) is 82.6 Å². The lowest BCUT2D eigenvalue weighted by atomic mass is 10.1. The lowest BCUT2D eigenvalue weighted by molar-refractivity contribution is 0.233. The summed E-state index contributed by atoms with van der Waals surface area (Å²) in [6.07, 6.45) is 7.77. The second kappa shape index (κ2) is 8.06. The molecule has 0 amide bonds. The molecule has 5 rings (SSSR count). The summed E-state index contributed by atoms with van der Waals surface area (Å²) in [5, 5.41) is 3.40. The molecule has 0 bridgehead atoms. The summed E-state index contributed by atoms with van der Waals surface area (Å²) in [6, 6.07) is 10.5. The van der Waals surface area contributed by atoms with Crippen molar-refractivity contribution in [3.05, 3.63) is 72.3 Å². The molecule has 0 unspecified atom stereocenters. The Balaban J connectivity index is 1.34. The first-order chi connectivity index (χ1) is 14.3. The zero-order valence-electron chi connectivity index (χ0n) is 16.2. The Labute approximate surface area is 169 Å². The molecule has 1 aromatic carbocycles. The van der Waals surface area contributed by atoms with Crippen molar-refractivity contribution in [2.24, 2.45) is 0 Å². The molecule has 0 aliphatic carbocycles. The van der Waals surface area contributed by atoms with Crippen LogP contribution in [0.25, 0.3) is 22.2 Å². The number of nitrogens with zero attached hydrogens (tertiary/aromatic N) is 5. The van der Waals surface area contributed by atoms with E-state index in [-0.39, 0.29) is 0 Å². The van der Waals surface area contributed by atoms with E-state index in [0.29, 0.717) is 6.42 Å². The highest BCUT2D eigenvalue weighted by atomic mass is 15.2. The molecule has 4 heterocycles. The molecule has 2 N–H and O–H groups in total. The fraction of sp³-hybridized carbons (Fsp3) is 0.273. The summed E-state index contributed by atoms with van der Waals surface area (Å²) in [5.41, 5.74) is 6.38. The zero-order valence-corrected chi connectivity index (χ0v) is 16.2. The second-order valence-corrected chi connectivity index (χ2v) is 7.40. The molecule has 4 aromatic rings. The van der Waals surface area contributed by atoms with Crippen molar-refractivity contribution < 1.29 is 0 Å². The van der Waals surface area contributed by atoms with Gasteiger partial charge in [0.25, 0.3) is 0 Å². The number of hydrogen-bond donors (Lipinski definition) is 2. The van der Waals surface area contributed by atoms with Crippen LogP contribution in [0.3, 0.4) is 0 Å². The minimum absolute atomic E-state index is 0.688. The van der Waals surface area contributed by atoms with Crippen LogP contribution in [0.5, 0.6) is 0 Å². The predicted molar refractivity (Wildman–Crippen MR) is 112 cm³/mol. The minimum Gasteiger partial charge on any atom is -0.342 e. The van der Waals surface area contributed by atoms with E-state index >= 15 is 0 Å². The Morgan fingerprint density at radius 1 is 0.966 bits per heavy atom. The van der Waals surface area contributed by atoms with Crippen LogP contribution in [0.4, 0.5) is 0 Å². The third-order valence-electron chi connectivity index (χ3n) is 5.27. The number of aromatic amines is 1. The third-order valence-corrected chi connectivity index (χ3v) is 5.27. The van der Waals surface area contributed by atoms with Gasteiger partial charge in [0.05, 0.1) is 11.0 Å². The van der Waals surface area contributed by atoms with E-state index in [1.54, 1.807) is 6.33 Å². The Kier molecular flexibility index (Phi) is 4.98. The Bertz CT molecular complexity index is 1100. The summed E-state index contributed by atoms with van der Waals surface area (Å²) >= 11 is 0. The number of hydrogen-bond acceptors (Lipinski definition) is 6. The maximum atomic E-state index is 4.74. The highest BCUT2D eigenvalue weighted by Crippen LogP contribution is 2.22. The zero-order chi connectivity index (χ0) is 19.5. The number of piperazine rings is 1. The van der Waals surface area contributed by atoms with Gasteiger partial charge in [0.2, 0.25) is 0 Å². The van der Waals surface area contributed by atoms with E-state index in [4.69, 9.17) is 4.98 Å². The van der Waals surface area contributed by atoms with Crippen molar-refractivity contribution in [2.45, 2.75) is 13.0 Å². The first-order valence-corrected chi connectivity index (χ1v) is 9.94. The summed E-state index contributed by atoms with van der Waals surface area (Å²) < 4.78 is 0. The van der Waals surface area contributed by atoms with Gasteiger partial charge in [-0.15, -0.1) is 0 Å². The molecule has 0 radical (unpaired) electrons. The number of benzene rings is 1. The SMILES string of the molecule is c1ncc(-c2ccc3nc(Cc4cc(CN5CCNCC5)ccn4)[nH]c3c2)cn1. The van der Waals surface area contributed by atoms with E-state index < -0.39 is 0 Å². The van der Waals surface area contributed by atoms with Crippen LogP contribution >= 0.6 is 0 Å². The van der Waals surface area contributed by atoms with Crippen molar-refractivity contribution in [3.63, 3.8) is 0 Å². The number of rotatable bonds is 5. The number of pyridine rings is 1. The molecule has 1 saturated heterocycles. The van der Waals surface area contributed by atoms with Crippen LogP contribution in [0.15, 0.2) is 55.2 Å². The Hall–Kier alpha value is -3.16. The van der Waals surface area contributed by atoms with Gasteiger partial charge in [-0.1, -0.05) is 6.07 Å². The molecule has 7 heteroatoms. The maximum absolute atomic E-state index is 4.74. The van der Waals surface area contributed by atoms with E-state index in [1.165, 1.54) is 5.56 Å². The molecule has 1 aliphatic heterocycles. The van der Waals surface area contributed by atoms with Crippen LogP contribution in [-0.2, 0) is 13.0 Å². The summed E-state index contributed by atoms with van der Waals surface area (Å²) in [5.74, 6) is 0.924. The van der Waals surface area contributed by atoms with E-state index in [1.807, 2.05) is 24.7 Å². The molecule has 0 spiro atoms. The number of aromatic nitrogens is 5. The van der Waals surface area contributed by atoms with E-state index in [2.05, 4.69) is 54.4 Å². The smallest absolute Gasteiger partial charge is 0.115 e. The van der Waals surface area contributed by atoms with Gasteiger partial charge < -0.3 is 10.3 Å². The fourth-order valence-corrected chi connectivity index (χ4v) is 3.80. The van der Waals surface area contributed by atoms with Gasteiger partial charge in [0.15, 0.2) is 0 Å². The molecule has 0 saturated carbocycles. The molecule has 1 fully saturated rings. The second-order valence-electron chi connectivity index (χ2n) is 7.40. The van der Waals surface area contributed by atoms with Crippen molar-refractivity contribution in [1.29, 1.82) is 0 Å². The lowest BCUT2D eigenvalue weighted by Gasteiger charge is -2.27. The Morgan fingerprint density at radius 3 is 2.69 bits per heavy atom. The first kappa shape index (κ1) is 17.9. The van der Waals surface area contributed by atoms with E-state index in [0.717, 1.165) is 66.4 Å². The molecule has 146 valence electrons. The quantitative estimate of drug-likeness (QED) is 0.549. The standard InChI is InChI=1S/C22H23N7/c1-2-20-21(10-17(1)18-12-24-15-25-13-18)28-22(27-20)11-19-9-16(3-4-26-19)14-29-7-5-23-6-8-29/h1-4,9-10,12-13,15,23H,5-8,11,14H2,(H,27,28). The highest BCUT2D eigenvalue weighted by molar-refractivity contribution is 5.81. The monoisotopic (exact) mass is 385 g/mol. The van der Waals surface area contributed by atoms with Crippen molar-refractivity contribution >= 4 is 11.0 Å². The minimum atomic E-state index is 0.688. The maximum Gasteiger partial charge on any atom is 0.115 e. The normalized spacial score (nSPS) is 15.0. The van der Waals surface area contributed by atoms with Crippen LogP contribution < -0.4 is 5.32 Å². The van der Waals surface area contributed by atoms with Gasteiger partial charge in [0, 0.05) is 69.0 Å². The van der Waals surface area contributed by atoms with Crippen molar-refractivity contribution in [3.8, 4) is 11.1 Å². The lowest BCUT2D eigenvalue weighted by Crippen LogP contribution is -2.42. The number of fused-ring (bicyclic) bond motifs is 1. The van der Waals surface area contributed by atoms with Crippen molar-refractivity contribution in [1.82, 2.24) is 35.1 Å². The molecule has 0 atom stereocenters. The average Bonchev–Trinajstić information content (AvgIpc) is 3.17. The number of nitrogens with one attached hydrogen (secondary N) is 2. The number of H-pyrrole nitrogens is 1. The Morgan fingerprint density at radius 2 is 1.83 bits per heavy atom. The van der Waals surface area contributed by atoms with Crippen molar-refractivity contribution in [2.75, 3.05) is 26.2 Å². The van der Waals surface area contributed by atoms with Crippen LogP contribution in [0, 0.1) is 0 Å². The third kappa shape index (κ3) is 4.16. The summed E-state index contributed by atoms with van der Waals surface area (Å²) in [7, 11) is 0. The van der Waals surface area contributed by atoms with Crippen LogP contribution in [-0.4, -0.2) is 56.0 Å². The highest BCUT2D eigenvalue weighted by Gasteiger charge is 2.11. The molecule has 3 aromatic heterocycles. The van der Waals surface area contributed by atoms with Gasteiger partial charge in [-0.2, -0.15) is 0 Å². The van der Waals surface area contributed by atoms with Crippen LogP contribution in [0.2, 0.25) is 0 Å². The van der Waals surface area contributed by atoms with Gasteiger partial charge in [-0.05, 0) is 35.4 Å². The molecular weight excluding hydrogens is 362 g/mol.